The molecule has 0 aromatic heterocycles. The molecule has 0 aliphatic rings. The minimum atomic E-state index is -0.511. The van der Waals surface area contributed by atoms with E-state index in [4.69, 9.17) is 14.2 Å². The molecule has 0 aliphatic carbocycles. The number of hydrogen-bond donors (Lipinski definition) is 0. The van der Waals surface area contributed by atoms with Gasteiger partial charge < -0.3 is 19.1 Å². The molecule has 304 valence electrons. The van der Waals surface area contributed by atoms with Gasteiger partial charge in [0.1, 0.15) is 12.7 Å². The van der Waals surface area contributed by atoms with Crippen LogP contribution in [0.25, 0.3) is 0 Å². The van der Waals surface area contributed by atoms with Crippen molar-refractivity contribution in [3.05, 3.63) is 0 Å². The Morgan fingerprint density at radius 1 is 0.529 bits per heavy atom. The number of esters is 1. The van der Waals surface area contributed by atoms with Crippen LogP contribution in [0, 0.1) is 5.92 Å². The molecule has 2 unspecified atom stereocenters. The van der Waals surface area contributed by atoms with Gasteiger partial charge in [-0.1, -0.05) is 144 Å². The molecule has 2 atom stereocenters. The molecule has 0 saturated carbocycles. The summed E-state index contributed by atoms with van der Waals surface area (Å²) in [5.41, 5.74) is 0. The smallest absolute Gasteiger partial charge is 0.465 e. The molecular weight excluding hydrogens is 636 g/mol. The Morgan fingerprint density at radius 2 is 1.00 bits per heavy atom. The number of rotatable bonds is 38. The van der Waals surface area contributed by atoms with Crippen LogP contribution in [0.15, 0.2) is 0 Å². The van der Waals surface area contributed by atoms with E-state index in [2.05, 4.69) is 58.3 Å². The molecule has 0 aliphatic heterocycles. The highest BCUT2D eigenvalue weighted by molar-refractivity contribution is 5.69. The summed E-state index contributed by atoms with van der Waals surface area (Å²) in [6, 6.07) is 0.408. The first-order valence-electron chi connectivity index (χ1n) is 22.3. The molecule has 7 heteroatoms. The van der Waals surface area contributed by atoms with E-state index < -0.39 is 6.16 Å². The Balaban J connectivity index is 4.26. The number of ether oxygens (including phenoxy) is 3. The molecule has 0 aromatic rings. The minimum absolute atomic E-state index is 0.00307. The molecule has 51 heavy (non-hydrogen) atoms. The molecule has 0 amide bonds. The predicted octanol–water partition coefficient (Wildman–Crippen LogP) is 12.5. The van der Waals surface area contributed by atoms with E-state index in [0.29, 0.717) is 31.6 Å². The van der Waals surface area contributed by atoms with E-state index in [0.717, 1.165) is 96.9 Å². The van der Waals surface area contributed by atoms with Crippen LogP contribution in [-0.4, -0.2) is 80.0 Å². The third-order valence-corrected chi connectivity index (χ3v) is 10.6. The lowest BCUT2D eigenvalue weighted by atomic mass is 9.95. The molecule has 0 radical (unpaired) electrons. The normalized spacial score (nSPS) is 12.9. The number of unbranched alkanes of at least 4 members (excludes halogenated alkanes) is 16. The molecular formula is C44H88N2O5. The summed E-state index contributed by atoms with van der Waals surface area (Å²) >= 11 is 0. The number of hydrogen-bond acceptors (Lipinski definition) is 7. The van der Waals surface area contributed by atoms with Gasteiger partial charge in [0, 0.05) is 32.1 Å². The zero-order valence-electron chi connectivity index (χ0n) is 35.3. The second kappa shape index (κ2) is 37.0. The van der Waals surface area contributed by atoms with Gasteiger partial charge in [-0.25, -0.2) is 4.79 Å². The lowest BCUT2D eigenvalue weighted by molar-refractivity contribution is -0.145. The number of carbonyl (C=O) groups excluding carboxylic acids is 2. The summed E-state index contributed by atoms with van der Waals surface area (Å²) in [5, 5.41) is 0. The maximum Gasteiger partial charge on any atom is 0.508 e. The maximum atomic E-state index is 12.6. The zero-order valence-corrected chi connectivity index (χ0v) is 35.3. The largest absolute Gasteiger partial charge is 0.508 e. The Morgan fingerprint density at radius 3 is 1.55 bits per heavy atom. The molecule has 0 spiro atoms. The van der Waals surface area contributed by atoms with Gasteiger partial charge in [-0.3, -0.25) is 9.69 Å². The molecule has 0 aromatic carbocycles. The summed E-state index contributed by atoms with van der Waals surface area (Å²) < 4.78 is 17.2. The Kier molecular flexibility index (Phi) is 36.0. The third-order valence-electron chi connectivity index (χ3n) is 10.6. The van der Waals surface area contributed by atoms with Crippen molar-refractivity contribution in [1.82, 2.24) is 9.80 Å². The Labute approximate surface area is 318 Å². The third kappa shape index (κ3) is 31.9. The van der Waals surface area contributed by atoms with Crippen molar-refractivity contribution >= 4 is 12.1 Å². The van der Waals surface area contributed by atoms with E-state index in [1.54, 1.807) is 0 Å². The monoisotopic (exact) mass is 725 g/mol. The first-order valence-corrected chi connectivity index (χ1v) is 22.3. The Hall–Kier alpha value is -1.34. The van der Waals surface area contributed by atoms with Gasteiger partial charge in [-0.05, 0) is 77.8 Å². The van der Waals surface area contributed by atoms with Crippen molar-refractivity contribution in [1.29, 1.82) is 0 Å². The van der Waals surface area contributed by atoms with Crippen molar-refractivity contribution in [3.8, 4) is 0 Å². The summed E-state index contributed by atoms with van der Waals surface area (Å²) in [6.07, 6.45) is 28.5. The number of likely N-dealkylation sites (N-methyl/N-ethyl adjacent to an activating group) is 1. The number of carbonyl (C=O) groups is 2. The first-order chi connectivity index (χ1) is 24.8. The van der Waals surface area contributed by atoms with Crippen molar-refractivity contribution < 1.29 is 23.8 Å². The van der Waals surface area contributed by atoms with Crippen LogP contribution >= 0.6 is 0 Å². The molecule has 0 rings (SSSR count). The van der Waals surface area contributed by atoms with Crippen molar-refractivity contribution in [2.75, 3.05) is 45.9 Å². The summed E-state index contributed by atoms with van der Waals surface area (Å²) in [6.45, 7) is 21.4. The lowest BCUT2D eigenvalue weighted by Crippen LogP contribution is -2.40. The minimum Gasteiger partial charge on any atom is -0.465 e. The van der Waals surface area contributed by atoms with Crippen LogP contribution < -0.4 is 0 Å². The van der Waals surface area contributed by atoms with Crippen LogP contribution in [0.3, 0.4) is 0 Å². The van der Waals surface area contributed by atoms with Crippen LogP contribution in [0.4, 0.5) is 4.79 Å². The van der Waals surface area contributed by atoms with Crippen LogP contribution in [0.1, 0.15) is 209 Å². The van der Waals surface area contributed by atoms with E-state index in [1.807, 2.05) is 0 Å². The van der Waals surface area contributed by atoms with Crippen LogP contribution in [-0.2, 0) is 19.0 Å². The van der Waals surface area contributed by atoms with Gasteiger partial charge in [0.05, 0.1) is 6.61 Å². The fourth-order valence-electron chi connectivity index (χ4n) is 6.93. The fraction of sp³-hybridized carbons (Fsp3) is 0.955. The van der Waals surface area contributed by atoms with Crippen molar-refractivity contribution in [2.24, 2.45) is 5.92 Å². The van der Waals surface area contributed by atoms with Crippen molar-refractivity contribution in [2.45, 2.75) is 221 Å². The van der Waals surface area contributed by atoms with E-state index in [9.17, 15) is 9.59 Å². The van der Waals surface area contributed by atoms with Gasteiger partial charge in [-0.15, -0.1) is 0 Å². The van der Waals surface area contributed by atoms with E-state index in [-0.39, 0.29) is 12.1 Å². The summed E-state index contributed by atoms with van der Waals surface area (Å²) in [5.74, 6) is 0.532. The highest BCUT2D eigenvalue weighted by Gasteiger charge is 2.17. The molecule has 0 bridgehead atoms. The van der Waals surface area contributed by atoms with Crippen LogP contribution in [0.2, 0.25) is 0 Å². The first kappa shape index (κ1) is 49.7. The molecule has 0 N–H and O–H groups in total. The number of nitrogens with zero attached hydrogens (tertiary/aromatic N) is 2. The second-order valence-corrected chi connectivity index (χ2v) is 15.5. The lowest BCUT2D eigenvalue weighted by Gasteiger charge is -2.29. The standard InChI is InChI=1S/C44H88N2O5/c1-8-13-16-18-22-27-31-41(30-26-17-14-9-2)39-50-43(47)34-29-24-21-19-20-23-28-33-42(32-25-15-10-3)51-44(48)49-38-37-46(40(6)7)36-35-45(11-4)12-5/h40-42H,8-39H2,1-7H3. The van der Waals surface area contributed by atoms with Gasteiger partial charge in [0.15, 0.2) is 0 Å². The van der Waals surface area contributed by atoms with Gasteiger partial charge in [-0.2, -0.15) is 0 Å². The molecule has 7 nitrogen and oxygen atoms in total. The maximum absolute atomic E-state index is 12.6. The van der Waals surface area contributed by atoms with Gasteiger partial charge in [0.2, 0.25) is 0 Å². The predicted molar refractivity (Wildman–Crippen MR) is 218 cm³/mol. The van der Waals surface area contributed by atoms with Gasteiger partial charge in [0.25, 0.3) is 0 Å². The molecule has 0 fully saturated rings. The fourth-order valence-corrected chi connectivity index (χ4v) is 6.93. The van der Waals surface area contributed by atoms with E-state index in [1.165, 1.54) is 89.9 Å². The SMILES string of the molecule is CCCCCCCCC(CCCCCC)COC(=O)CCCCCCCCCC(CCCCC)OC(=O)OCCN(CCN(CC)CC)C(C)C. The average molecular weight is 725 g/mol. The summed E-state index contributed by atoms with van der Waals surface area (Å²) in [7, 11) is 0. The van der Waals surface area contributed by atoms with Crippen molar-refractivity contribution in [3.63, 3.8) is 0 Å². The van der Waals surface area contributed by atoms with E-state index >= 15 is 0 Å². The quantitative estimate of drug-likeness (QED) is 0.0464. The highest BCUT2D eigenvalue weighted by atomic mass is 16.7. The summed E-state index contributed by atoms with van der Waals surface area (Å²) in [4.78, 5) is 29.9. The average Bonchev–Trinajstić information content (AvgIpc) is 3.12. The Bertz CT molecular complexity index is 760. The van der Waals surface area contributed by atoms with Crippen LogP contribution in [0.5, 0.6) is 0 Å². The molecule has 0 heterocycles. The second-order valence-electron chi connectivity index (χ2n) is 15.5. The zero-order chi connectivity index (χ0) is 37.8. The highest BCUT2D eigenvalue weighted by Crippen LogP contribution is 2.21. The topological polar surface area (TPSA) is 68.3 Å². The van der Waals surface area contributed by atoms with Gasteiger partial charge >= 0.3 is 12.1 Å². The molecule has 0 saturated heterocycles.